The maximum atomic E-state index is 13.5. The molecule has 0 spiro atoms. The number of carbonyl (C=O) groups is 2. The molecule has 2 bridgehead atoms. The number of hydrogen-bond donors (Lipinski definition) is 2. The van der Waals surface area contributed by atoms with Gasteiger partial charge in [-0.15, -0.1) is 0 Å². The summed E-state index contributed by atoms with van der Waals surface area (Å²) in [4.78, 5) is 38.3. The Kier molecular flexibility index (Phi) is 7.25. The van der Waals surface area contributed by atoms with E-state index in [1.165, 1.54) is 17.2 Å². The van der Waals surface area contributed by atoms with E-state index in [9.17, 15) is 22.8 Å². The van der Waals surface area contributed by atoms with Crippen LogP contribution in [0.3, 0.4) is 0 Å². The largest absolute Gasteiger partial charge is 0.489 e. The number of nitrogens with one attached hydrogen (secondary N) is 2. The van der Waals surface area contributed by atoms with Gasteiger partial charge >= 0.3 is 12.2 Å². The van der Waals surface area contributed by atoms with Crippen LogP contribution >= 0.6 is 0 Å². The van der Waals surface area contributed by atoms with Gasteiger partial charge in [0.2, 0.25) is 0 Å². The van der Waals surface area contributed by atoms with Crippen LogP contribution < -0.4 is 25.2 Å². The molecule has 3 amide bonds. The number of carbonyl (C=O) groups excluding carboxylic acids is 2. The third-order valence-corrected chi connectivity index (χ3v) is 7.00. The monoisotopic (exact) mass is 564 g/mol. The second kappa shape index (κ2) is 10.4. The number of pyridine rings is 2. The van der Waals surface area contributed by atoms with E-state index in [2.05, 4.69) is 20.2 Å². The lowest BCUT2D eigenvalue weighted by Gasteiger charge is -2.36. The first-order valence-electron chi connectivity index (χ1n) is 13.0. The first-order chi connectivity index (χ1) is 18.8. The van der Waals surface area contributed by atoms with E-state index in [-0.39, 0.29) is 36.1 Å². The Balaban J connectivity index is 1.30. The molecule has 2 aromatic rings. The number of fused-ring (bicyclic) bond motifs is 4. The standard InChI is InChI=1S/C26H31F3N6O5/c1-14-9-19(23(36)31-15(2)26(27,28)29)32-22-21(14)34-8-7-16(11-34)35(22)24(37)33-20-6-5-17(10-30-20)38-12-18-13-39-25(3,4)40-18/h5-6,9-10,15-16,18H,7-8,11-13H2,1-4H3,(H,31,36)(H,30,33,37)/t15-,16+,18-/m1/s1. The predicted octanol–water partition coefficient (Wildman–Crippen LogP) is 3.63. The van der Waals surface area contributed by atoms with E-state index in [1.807, 2.05) is 19.2 Å². The fraction of sp³-hybridized carbons (Fsp3) is 0.538. The van der Waals surface area contributed by atoms with Crippen molar-refractivity contribution in [3.8, 4) is 5.75 Å². The minimum atomic E-state index is -4.60. The van der Waals surface area contributed by atoms with Gasteiger partial charge in [0.15, 0.2) is 11.6 Å². The average Bonchev–Trinajstić information content (AvgIpc) is 3.45. The number of rotatable bonds is 6. The Labute approximate surface area is 229 Å². The highest BCUT2D eigenvalue weighted by molar-refractivity contribution is 6.05. The van der Waals surface area contributed by atoms with Crippen LogP contribution in [0.2, 0.25) is 0 Å². The molecule has 14 heteroatoms. The van der Waals surface area contributed by atoms with Crippen molar-refractivity contribution in [1.82, 2.24) is 15.3 Å². The molecular weight excluding hydrogens is 533 g/mol. The van der Waals surface area contributed by atoms with Crippen LogP contribution in [0.1, 0.15) is 43.2 Å². The summed E-state index contributed by atoms with van der Waals surface area (Å²) in [7, 11) is 0. The minimum Gasteiger partial charge on any atom is -0.489 e. The van der Waals surface area contributed by atoms with Gasteiger partial charge in [-0.1, -0.05) is 0 Å². The first kappa shape index (κ1) is 27.9. The van der Waals surface area contributed by atoms with Crippen molar-refractivity contribution in [1.29, 1.82) is 0 Å². The second-order valence-corrected chi connectivity index (χ2v) is 10.6. The second-order valence-electron chi connectivity index (χ2n) is 10.6. The molecule has 0 aromatic carbocycles. The van der Waals surface area contributed by atoms with Crippen molar-refractivity contribution < 1.29 is 37.0 Å². The number of urea groups is 1. The number of aryl methyl sites for hydroxylation is 1. The topological polar surface area (TPSA) is 118 Å². The molecule has 0 saturated carbocycles. The smallest absolute Gasteiger partial charge is 0.408 e. The van der Waals surface area contributed by atoms with Gasteiger partial charge in [-0.05, 0) is 57.9 Å². The average molecular weight is 565 g/mol. The van der Waals surface area contributed by atoms with Gasteiger partial charge in [0.1, 0.15) is 36.0 Å². The van der Waals surface area contributed by atoms with Crippen LogP contribution in [0.25, 0.3) is 0 Å². The number of alkyl halides is 3. The molecule has 0 radical (unpaired) electrons. The quantitative estimate of drug-likeness (QED) is 0.546. The summed E-state index contributed by atoms with van der Waals surface area (Å²) in [6.45, 7) is 8.21. The summed E-state index contributed by atoms with van der Waals surface area (Å²) in [5.74, 6) is -0.645. The van der Waals surface area contributed by atoms with E-state index in [4.69, 9.17) is 14.2 Å². The third-order valence-electron chi connectivity index (χ3n) is 7.00. The van der Waals surface area contributed by atoms with E-state index < -0.39 is 29.9 Å². The van der Waals surface area contributed by atoms with Gasteiger partial charge in [0, 0.05) is 13.1 Å². The number of nitrogens with zero attached hydrogens (tertiary/aromatic N) is 4. The lowest BCUT2D eigenvalue weighted by Crippen LogP contribution is -2.49. The Morgan fingerprint density at radius 2 is 2.08 bits per heavy atom. The van der Waals surface area contributed by atoms with Crippen LogP contribution in [-0.4, -0.2) is 78.4 Å². The number of amides is 3. The summed E-state index contributed by atoms with van der Waals surface area (Å²) >= 11 is 0. The summed E-state index contributed by atoms with van der Waals surface area (Å²) in [6, 6.07) is 1.90. The number of anilines is 3. The molecule has 3 atom stereocenters. The van der Waals surface area contributed by atoms with Gasteiger partial charge in [-0.25, -0.2) is 14.8 Å². The lowest BCUT2D eigenvalue weighted by molar-refractivity contribution is -0.149. The highest BCUT2D eigenvalue weighted by atomic mass is 19.4. The van der Waals surface area contributed by atoms with Gasteiger partial charge in [0.05, 0.1) is 24.5 Å². The van der Waals surface area contributed by atoms with Crippen molar-refractivity contribution >= 4 is 29.3 Å². The summed E-state index contributed by atoms with van der Waals surface area (Å²) in [6.07, 6.45) is -2.66. The van der Waals surface area contributed by atoms with E-state index in [0.717, 1.165) is 6.92 Å². The Morgan fingerprint density at radius 1 is 1.30 bits per heavy atom. The van der Waals surface area contributed by atoms with Crippen molar-refractivity contribution in [2.75, 3.05) is 41.4 Å². The molecule has 2 aromatic heterocycles. The molecule has 5 heterocycles. The van der Waals surface area contributed by atoms with Crippen LogP contribution in [0, 0.1) is 6.92 Å². The maximum Gasteiger partial charge on any atom is 0.408 e. The first-order valence-corrected chi connectivity index (χ1v) is 13.0. The normalized spacial score (nSPS) is 22.1. The fourth-order valence-electron chi connectivity index (χ4n) is 5.01. The van der Waals surface area contributed by atoms with Gasteiger partial charge in [-0.2, -0.15) is 13.2 Å². The van der Waals surface area contributed by atoms with Crippen LogP contribution in [0.4, 0.5) is 35.3 Å². The molecular formula is C26H31F3N6O5. The molecule has 11 nitrogen and oxygen atoms in total. The molecule has 2 saturated heterocycles. The van der Waals surface area contributed by atoms with Crippen molar-refractivity contribution in [3.05, 3.63) is 35.7 Å². The van der Waals surface area contributed by atoms with E-state index in [1.54, 1.807) is 19.1 Å². The zero-order chi connectivity index (χ0) is 28.8. The van der Waals surface area contributed by atoms with E-state index in [0.29, 0.717) is 43.1 Å². The Bertz CT molecular complexity index is 1290. The SMILES string of the molecule is Cc1cc(C(=O)N[C@H](C)C(F)(F)F)nc2c1N1CC[C@@H](C1)N2C(=O)Nc1ccc(OC[C@@H]2COC(C)(C)O2)cn1. The fourth-order valence-corrected chi connectivity index (χ4v) is 5.01. The Morgan fingerprint density at radius 3 is 2.73 bits per heavy atom. The lowest BCUT2D eigenvalue weighted by atomic mass is 10.1. The molecule has 3 aliphatic heterocycles. The van der Waals surface area contributed by atoms with Gasteiger partial charge in [0.25, 0.3) is 5.91 Å². The summed E-state index contributed by atoms with van der Waals surface area (Å²) in [5.41, 5.74) is 1.10. The van der Waals surface area contributed by atoms with Crippen LogP contribution in [0.15, 0.2) is 24.4 Å². The molecule has 0 aliphatic carbocycles. The van der Waals surface area contributed by atoms with Crippen molar-refractivity contribution in [2.24, 2.45) is 0 Å². The summed E-state index contributed by atoms with van der Waals surface area (Å²) < 4.78 is 56.0. The molecule has 0 unspecified atom stereocenters. The van der Waals surface area contributed by atoms with Gasteiger partial charge in [-0.3, -0.25) is 15.0 Å². The maximum absolute atomic E-state index is 13.5. The molecule has 40 heavy (non-hydrogen) atoms. The Hall–Kier alpha value is -3.65. The third kappa shape index (κ3) is 5.77. The predicted molar refractivity (Wildman–Crippen MR) is 139 cm³/mol. The van der Waals surface area contributed by atoms with E-state index >= 15 is 0 Å². The minimum absolute atomic E-state index is 0.202. The zero-order valence-electron chi connectivity index (χ0n) is 22.5. The molecule has 3 aliphatic rings. The zero-order valence-corrected chi connectivity index (χ0v) is 22.5. The number of hydrogen-bond acceptors (Lipinski definition) is 8. The molecule has 216 valence electrons. The molecule has 2 N–H and O–H groups in total. The van der Waals surface area contributed by atoms with Crippen molar-refractivity contribution in [2.45, 2.75) is 64.3 Å². The van der Waals surface area contributed by atoms with Crippen LogP contribution in [-0.2, 0) is 9.47 Å². The molecule has 2 fully saturated rings. The highest BCUT2D eigenvalue weighted by Gasteiger charge is 2.42. The van der Waals surface area contributed by atoms with Gasteiger partial charge < -0.3 is 24.4 Å². The van der Waals surface area contributed by atoms with Crippen molar-refractivity contribution in [3.63, 3.8) is 0 Å². The number of ether oxygens (including phenoxy) is 3. The highest BCUT2D eigenvalue weighted by Crippen LogP contribution is 2.41. The number of aromatic nitrogens is 2. The van der Waals surface area contributed by atoms with Crippen LogP contribution in [0.5, 0.6) is 5.75 Å². The number of halogens is 3. The summed E-state index contributed by atoms with van der Waals surface area (Å²) in [5, 5.41) is 4.69. The molecule has 5 rings (SSSR count).